The molecule has 0 saturated carbocycles. The van der Waals surface area contributed by atoms with E-state index in [1.54, 1.807) is 12.1 Å². The van der Waals surface area contributed by atoms with Gasteiger partial charge in [-0.25, -0.2) is 0 Å². The first kappa shape index (κ1) is 21.5. The quantitative estimate of drug-likeness (QED) is 0.715. The Kier molecular flexibility index (Phi) is 7.23. The van der Waals surface area contributed by atoms with Gasteiger partial charge in [-0.1, -0.05) is 6.07 Å². The van der Waals surface area contributed by atoms with E-state index in [0.29, 0.717) is 22.9 Å². The third-order valence-corrected chi connectivity index (χ3v) is 4.67. The first-order valence-corrected chi connectivity index (χ1v) is 8.79. The second-order valence-electron chi connectivity index (χ2n) is 6.33. The van der Waals surface area contributed by atoms with Crippen LogP contribution in [0.25, 0.3) is 0 Å². The molecule has 0 aromatic heterocycles. The van der Waals surface area contributed by atoms with Gasteiger partial charge in [0.15, 0.2) is 11.5 Å². The number of anilines is 3. The van der Waals surface area contributed by atoms with Gasteiger partial charge in [0.1, 0.15) is 0 Å². The molecular weight excluding hydrogens is 382 g/mol. The van der Waals surface area contributed by atoms with Crippen LogP contribution >= 0.6 is 12.4 Å². The smallest absolute Gasteiger partial charge is 0.243 e. The lowest BCUT2D eigenvalue weighted by Gasteiger charge is -2.31. The van der Waals surface area contributed by atoms with Gasteiger partial charge in [-0.3, -0.25) is 4.79 Å². The van der Waals surface area contributed by atoms with E-state index in [1.807, 2.05) is 18.2 Å². The topological polar surface area (TPSA) is 86.1 Å². The Morgan fingerprint density at radius 3 is 2.43 bits per heavy atom. The van der Waals surface area contributed by atoms with Crippen LogP contribution in [0.1, 0.15) is 12.0 Å². The molecule has 1 amide bonds. The Labute approximate surface area is 171 Å². The molecule has 7 nitrogen and oxygen atoms in total. The van der Waals surface area contributed by atoms with Gasteiger partial charge >= 0.3 is 0 Å². The number of carbonyl (C=O) groups excluding carboxylic acids is 1. The van der Waals surface area contributed by atoms with Gasteiger partial charge in [0.05, 0.1) is 27.9 Å². The Balaban J connectivity index is 0.00000280. The number of benzene rings is 2. The molecule has 1 aliphatic rings. The van der Waals surface area contributed by atoms with Crippen molar-refractivity contribution in [3.8, 4) is 17.2 Å². The highest BCUT2D eigenvalue weighted by Crippen LogP contribution is 2.40. The minimum Gasteiger partial charge on any atom is -0.493 e. The van der Waals surface area contributed by atoms with E-state index < -0.39 is 0 Å². The van der Waals surface area contributed by atoms with Crippen molar-refractivity contribution in [1.29, 1.82) is 0 Å². The Bertz CT molecular complexity index is 819. The molecule has 152 valence electrons. The third kappa shape index (κ3) is 4.36. The fourth-order valence-corrected chi connectivity index (χ4v) is 3.42. The predicted molar refractivity (Wildman–Crippen MR) is 113 cm³/mol. The molecule has 1 heterocycles. The summed E-state index contributed by atoms with van der Waals surface area (Å²) in [6.45, 7) is 1.06. The lowest BCUT2D eigenvalue weighted by molar-refractivity contribution is -0.115. The van der Waals surface area contributed by atoms with Crippen molar-refractivity contribution in [3.05, 3.63) is 35.9 Å². The van der Waals surface area contributed by atoms with Crippen molar-refractivity contribution in [1.82, 2.24) is 0 Å². The molecule has 0 radical (unpaired) electrons. The summed E-state index contributed by atoms with van der Waals surface area (Å²) in [6, 6.07) is 9.25. The predicted octanol–water partition coefficient (Wildman–Crippen LogP) is 3.11. The van der Waals surface area contributed by atoms with E-state index in [-0.39, 0.29) is 24.9 Å². The second-order valence-corrected chi connectivity index (χ2v) is 6.33. The van der Waals surface area contributed by atoms with Crippen molar-refractivity contribution in [2.45, 2.75) is 12.8 Å². The molecular formula is C20H26ClN3O4. The summed E-state index contributed by atoms with van der Waals surface area (Å²) in [6.07, 6.45) is 1.91. The maximum atomic E-state index is 12.6. The fourth-order valence-electron chi connectivity index (χ4n) is 3.42. The minimum atomic E-state index is -0.125. The van der Waals surface area contributed by atoms with Gasteiger partial charge in [0.2, 0.25) is 11.7 Å². The summed E-state index contributed by atoms with van der Waals surface area (Å²) in [5, 5.41) is 2.91. The van der Waals surface area contributed by atoms with Crippen molar-refractivity contribution in [2.24, 2.45) is 0 Å². The Morgan fingerprint density at radius 1 is 1.14 bits per heavy atom. The van der Waals surface area contributed by atoms with Crippen LogP contribution in [-0.4, -0.2) is 40.3 Å². The van der Waals surface area contributed by atoms with Crippen molar-refractivity contribution in [2.75, 3.05) is 50.4 Å². The van der Waals surface area contributed by atoms with Gasteiger partial charge in [-0.05, 0) is 30.5 Å². The summed E-state index contributed by atoms with van der Waals surface area (Å²) in [5.41, 5.74) is 9.59. The highest BCUT2D eigenvalue weighted by molar-refractivity contribution is 5.95. The monoisotopic (exact) mass is 407 g/mol. The number of amides is 1. The highest BCUT2D eigenvalue weighted by Gasteiger charge is 2.21. The first-order chi connectivity index (χ1) is 13.1. The van der Waals surface area contributed by atoms with Crippen molar-refractivity contribution >= 4 is 35.4 Å². The van der Waals surface area contributed by atoms with Crippen LogP contribution in [0.15, 0.2) is 30.3 Å². The van der Waals surface area contributed by atoms with Crippen LogP contribution in [0.3, 0.4) is 0 Å². The fraction of sp³-hybridized carbons (Fsp3) is 0.350. The van der Waals surface area contributed by atoms with Gasteiger partial charge in [0, 0.05) is 35.7 Å². The van der Waals surface area contributed by atoms with Crippen LogP contribution in [0, 0.1) is 0 Å². The van der Waals surface area contributed by atoms with E-state index in [1.165, 1.54) is 21.3 Å². The Morgan fingerprint density at radius 2 is 1.82 bits per heavy atom. The number of nitrogens with one attached hydrogen (secondary N) is 1. The number of methoxy groups -OCH3 is 3. The Hall–Kier alpha value is -2.80. The normalized spacial score (nSPS) is 12.5. The van der Waals surface area contributed by atoms with Crippen LogP contribution in [0.4, 0.5) is 17.1 Å². The minimum absolute atomic E-state index is 0. The molecule has 28 heavy (non-hydrogen) atoms. The molecule has 3 N–H and O–H groups in total. The van der Waals surface area contributed by atoms with Crippen molar-refractivity contribution < 1.29 is 19.0 Å². The number of fused-ring (bicyclic) bond motifs is 1. The van der Waals surface area contributed by atoms with E-state index in [2.05, 4.69) is 10.2 Å². The zero-order valence-corrected chi connectivity index (χ0v) is 17.1. The maximum Gasteiger partial charge on any atom is 0.243 e. The SMILES string of the molecule is COc1cc(NC(=O)CN2CCCc3c(N)cccc32)cc(OC)c1OC.Cl. The zero-order chi connectivity index (χ0) is 19.4. The lowest BCUT2D eigenvalue weighted by Crippen LogP contribution is -2.37. The molecule has 0 spiro atoms. The average molecular weight is 408 g/mol. The molecule has 1 aliphatic heterocycles. The van der Waals surface area contributed by atoms with Crippen LogP contribution in [0.5, 0.6) is 17.2 Å². The van der Waals surface area contributed by atoms with E-state index in [4.69, 9.17) is 19.9 Å². The zero-order valence-electron chi connectivity index (χ0n) is 16.3. The van der Waals surface area contributed by atoms with Gasteiger partial charge in [-0.15, -0.1) is 12.4 Å². The molecule has 0 aliphatic carbocycles. The first-order valence-electron chi connectivity index (χ1n) is 8.79. The maximum absolute atomic E-state index is 12.6. The molecule has 0 saturated heterocycles. The number of nitrogen functional groups attached to an aromatic ring is 1. The summed E-state index contributed by atoms with van der Waals surface area (Å²) < 4.78 is 16.0. The molecule has 0 unspecified atom stereocenters. The third-order valence-electron chi connectivity index (χ3n) is 4.67. The number of carbonyl (C=O) groups is 1. The molecule has 8 heteroatoms. The number of ether oxygens (including phenoxy) is 3. The number of nitrogens with zero attached hydrogens (tertiary/aromatic N) is 1. The summed E-state index contributed by atoms with van der Waals surface area (Å²) in [7, 11) is 4.62. The molecule has 2 aromatic carbocycles. The molecule has 0 atom stereocenters. The van der Waals surface area contributed by atoms with E-state index in [0.717, 1.165) is 36.3 Å². The van der Waals surface area contributed by atoms with Crippen LogP contribution < -0.4 is 30.2 Å². The van der Waals surface area contributed by atoms with E-state index in [9.17, 15) is 4.79 Å². The van der Waals surface area contributed by atoms with E-state index >= 15 is 0 Å². The van der Waals surface area contributed by atoms with Crippen molar-refractivity contribution in [3.63, 3.8) is 0 Å². The summed E-state index contributed by atoms with van der Waals surface area (Å²) >= 11 is 0. The second kappa shape index (κ2) is 9.41. The highest BCUT2D eigenvalue weighted by atomic mass is 35.5. The molecule has 0 bridgehead atoms. The molecule has 3 rings (SSSR count). The summed E-state index contributed by atoms with van der Waals surface area (Å²) in [4.78, 5) is 14.7. The number of nitrogens with two attached hydrogens (primary N) is 1. The van der Waals surface area contributed by atoms with Gasteiger partial charge < -0.3 is 30.2 Å². The van der Waals surface area contributed by atoms with Gasteiger partial charge in [-0.2, -0.15) is 0 Å². The number of rotatable bonds is 6. The largest absolute Gasteiger partial charge is 0.493 e. The lowest BCUT2D eigenvalue weighted by atomic mass is 10.00. The summed E-state index contributed by atoms with van der Waals surface area (Å²) in [5.74, 6) is 1.34. The number of halogens is 1. The van der Waals surface area contributed by atoms with Crippen LogP contribution in [0.2, 0.25) is 0 Å². The van der Waals surface area contributed by atoms with Crippen LogP contribution in [-0.2, 0) is 11.2 Å². The van der Waals surface area contributed by atoms with Gasteiger partial charge in [0.25, 0.3) is 0 Å². The number of hydrogen-bond acceptors (Lipinski definition) is 6. The standard InChI is InChI=1S/C20H25N3O4.ClH/c1-25-17-10-13(11-18(26-2)20(17)27-3)22-19(24)12-23-9-5-6-14-15(21)7-4-8-16(14)23;/h4,7-8,10-11H,5-6,9,12,21H2,1-3H3,(H,22,24);1H. The number of hydrogen-bond donors (Lipinski definition) is 2. The molecule has 0 fully saturated rings. The molecule has 2 aromatic rings. The average Bonchev–Trinajstić information content (AvgIpc) is 2.68.